The smallest absolute Gasteiger partial charge is 0.252 e. The largest absolute Gasteiger partial charge is 0.353 e. The zero-order valence-electron chi connectivity index (χ0n) is 15.0. The highest BCUT2D eigenvalue weighted by Gasteiger charge is 2.24. The molecule has 3 rings (SSSR count). The normalized spacial score (nSPS) is 16.9. The fraction of sp³-hybridized carbons (Fsp3) is 0.450. The third-order valence-corrected chi connectivity index (χ3v) is 5.60. The highest BCUT2D eigenvalue weighted by molar-refractivity contribution is 6.35. The average Bonchev–Trinajstić information content (AvgIpc) is 2.88. The Kier molecular flexibility index (Phi) is 6.63. The molecule has 0 aliphatic carbocycles. The van der Waals surface area contributed by atoms with Crippen molar-refractivity contribution >= 4 is 29.1 Å². The van der Waals surface area contributed by atoms with Crippen LogP contribution in [0.5, 0.6) is 0 Å². The van der Waals surface area contributed by atoms with Gasteiger partial charge in [-0.05, 0) is 56.3 Å². The Morgan fingerprint density at radius 3 is 2.54 bits per heavy atom. The fourth-order valence-electron chi connectivity index (χ4n) is 3.60. The molecule has 1 aliphatic rings. The molecule has 0 bridgehead atoms. The van der Waals surface area contributed by atoms with E-state index in [1.165, 1.54) is 31.4 Å². The second-order valence-electron chi connectivity index (χ2n) is 6.84. The molecule has 26 heavy (non-hydrogen) atoms. The summed E-state index contributed by atoms with van der Waals surface area (Å²) in [5.41, 5.74) is 1.63. The van der Waals surface area contributed by atoms with Gasteiger partial charge in [-0.25, -0.2) is 0 Å². The number of halogens is 2. The summed E-state index contributed by atoms with van der Waals surface area (Å²) in [5.74, 6) is -0.188. The summed E-state index contributed by atoms with van der Waals surface area (Å²) in [6, 6.07) is 9.29. The van der Waals surface area contributed by atoms with E-state index in [1.807, 2.05) is 0 Å². The molecule has 1 atom stereocenters. The van der Waals surface area contributed by atoms with E-state index in [2.05, 4.69) is 40.2 Å². The number of likely N-dealkylation sites (tertiary alicyclic amines) is 1. The number of hydrogen-bond acceptors (Lipinski definition) is 2. The number of rotatable bonds is 5. The summed E-state index contributed by atoms with van der Waals surface area (Å²) in [4.78, 5) is 15.1. The second kappa shape index (κ2) is 8.94. The zero-order valence-corrected chi connectivity index (χ0v) is 16.6. The SMILES string of the molecule is Cn1cccc1C(CNC(=O)c1cc(Cl)ccc1Cl)N1CCCCCC1. The van der Waals surface area contributed by atoms with Crippen molar-refractivity contribution in [3.63, 3.8) is 0 Å². The monoisotopic (exact) mass is 393 g/mol. The van der Waals surface area contributed by atoms with E-state index < -0.39 is 0 Å². The molecule has 1 aromatic heterocycles. The van der Waals surface area contributed by atoms with E-state index in [4.69, 9.17) is 23.2 Å². The first-order valence-electron chi connectivity index (χ1n) is 9.15. The van der Waals surface area contributed by atoms with Crippen molar-refractivity contribution in [2.45, 2.75) is 31.7 Å². The van der Waals surface area contributed by atoms with Gasteiger partial charge in [0.25, 0.3) is 5.91 Å². The minimum absolute atomic E-state index is 0.148. The van der Waals surface area contributed by atoms with Gasteiger partial charge in [0.2, 0.25) is 0 Å². The molecule has 0 radical (unpaired) electrons. The van der Waals surface area contributed by atoms with Crippen LogP contribution in [-0.2, 0) is 7.05 Å². The van der Waals surface area contributed by atoms with Crippen molar-refractivity contribution in [3.05, 3.63) is 57.8 Å². The van der Waals surface area contributed by atoms with Crippen LogP contribution in [0.4, 0.5) is 0 Å². The Morgan fingerprint density at radius 1 is 1.15 bits per heavy atom. The van der Waals surface area contributed by atoms with Gasteiger partial charge >= 0.3 is 0 Å². The topological polar surface area (TPSA) is 37.3 Å². The van der Waals surface area contributed by atoms with E-state index >= 15 is 0 Å². The van der Waals surface area contributed by atoms with E-state index in [0.717, 1.165) is 13.1 Å². The van der Waals surface area contributed by atoms with Gasteiger partial charge in [-0.1, -0.05) is 36.0 Å². The minimum Gasteiger partial charge on any atom is -0.353 e. The molecule has 1 aliphatic heterocycles. The number of nitrogens with zero attached hydrogens (tertiary/aromatic N) is 2. The van der Waals surface area contributed by atoms with Crippen molar-refractivity contribution < 1.29 is 4.79 Å². The van der Waals surface area contributed by atoms with Gasteiger partial charge in [-0.15, -0.1) is 0 Å². The molecule has 4 nitrogen and oxygen atoms in total. The lowest BCUT2D eigenvalue weighted by Crippen LogP contribution is -2.39. The number of carbonyl (C=O) groups is 1. The minimum atomic E-state index is -0.188. The molecule has 1 aromatic carbocycles. The van der Waals surface area contributed by atoms with Gasteiger partial charge in [0, 0.05) is 30.5 Å². The van der Waals surface area contributed by atoms with Crippen LogP contribution in [0.25, 0.3) is 0 Å². The predicted molar refractivity (Wildman–Crippen MR) is 107 cm³/mol. The van der Waals surface area contributed by atoms with Crippen molar-refractivity contribution in [2.75, 3.05) is 19.6 Å². The van der Waals surface area contributed by atoms with Crippen molar-refractivity contribution in [3.8, 4) is 0 Å². The summed E-state index contributed by atoms with van der Waals surface area (Å²) in [6.07, 6.45) is 7.02. The highest BCUT2D eigenvalue weighted by Crippen LogP contribution is 2.25. The molecule has 1 unspecified atom stereocenters. The Bertz CT molecular complexity index is 751. The van der Waals surface area contributed by atoms with E-state index in [9.17, 15) is 4.79 Å². The van der Waals surface area contributed by atoms with Gasteiger partial charge in [-0.3, -0.25) is 9.69 Å². The van der Waals surface area contributed by atoms with Crippen LogP contribution in [0.2, 0.25) is 10.0 Å². The Morgan fingerprint density at radius 2 is 1.88 bits per heavy atom. The third-order valence-electron chi connectivity index (χ3n) is 5.04. The molecule has 1 saturated heterocycles. The Hall–Kier alpha value is -1.49. The number of nitrogens with one attached hydrogen (secondary N) is 1. The molecule has 1 fully saturated rings. The number of aryl methyl sites for hydroxylation is 1. The number of benzene rings is 1. The molecule has 6 heteroatoms. The van der Waals surface area contributed by atoms with E-state index in [0.29, 0.717) is 22.2 Å². The van der Waals surface area contributed by atoms with Crippen LogP contribution in [0.15, 0.2) is 36.5 Å². The molecule has 0 saturated carbocycles. The average molecular weight is 394 g/mol. The van der Waals surface area contributed by atoms with Crippen molar-refractivity contribution in [1.29, 1.82) is 0 Å². The summed E-state index contributed by atoms with van der Waals surface area (Å²) >= 11 is 12.2. The first kappa shape index (κ1) is 19.3. The molecule has 1 amide bonds. The molecule has 0 spiro atoms. The van der Waals surface area contributed by atoms with Gasteiger partial charge in [-0.2, -0.15) is 0 Å². The van der Waals surface area contributed by atoms with Crippen LogP contribution in [0.1, 0.15) is 47.8 Å². The number of amides is 1. The maximum Gasteiger partial charge on any atom is 0.252 e. The van der Waals surface area contributed by atoms with Crippen molar-refractivity contribution in [2.24, 2.45) is 7.05 Å². The summed E-state index contributed by atoms with van der Waals surface area (Å²) < 4.78 is 2.13. The maximum absolute atomic E-state index is 12.6. The van der Waals surface area contributed by atoms with Gasteiger partial charge in [0.05, 0.1) is 16.6 Å². The van der Waals surface area contributed by atoms with Crippen molar-refractivity contribution in [1.82, 2.24) is 14.8 Å². The van der Waals surface area contributed by atoms with Crippen LogP contribution in [0, 0.1) is 0 Å². The predicted octanol–water partition coefficient (Wildman–Crippen LogP) is 4.68. The number of carbonyl (C=O) groups excluding carboxylic acids is 1. The van der Waals surface area contributed by atoms with Gasteiger partial charge in [0.1, 0.15) is 0 Å². The van der Waals surface area contributed by atoms with Crippen LogP contribution >= 0.6 is 23.2 Å². The molecule has 2 heterocycles. The third kappa shape index (κ3) is 4.61. The maximum atomic E-state index is 12.6. The first-order chi connectivity index (χ1) is 12.6. The lowest BCUT2D eigenvalue weighted by Gasteiger charge is -2.31. The van der Waals surface area contributed by atoms with Crippen LogP contribution in [-0.4, -0.2) is 35.0 Å². The zero-order chi connectivity index (χ0) is 18.5. The van der Waals surface area contributed by atoms with Gasteiger partial charge < -0.3 is 9.88 Å². The molecular weight excluding hydrogens is 369 g/mol. The Balaban J connectivity index is 1.76. The molecule has 140 valence electrons. The number of aromatic nitrogens is 1. The molecule has 2 aromatic rings. The summed E-state index contributed by atoms with van der Waals surface area (Å²) in [6.45, 7) is 2.66. The van der Waals surface area contributed by atoms with Gasteiger partial charge in [0.15, 0.2) is 0 Å². The lowest BCUT2D eigenvalue weighted by atomic mass is 10.1. The Labute approximate surface area is 165 Å². The first-order valence-corrected chi connectivity index (χ1v) is 9.90. The fourth-order valence-corrected chi connectivity index (χ4v) is 3.98. The van der Waals surface area contributed by atoms with E-state index in [-0.39, 0.29) is 11.9 Å². The lowest BCUT2D eigenvalue weighted by molar-refractivity contribution is 0.0931. The number of hydrogen-bond donors (Lipinski definition) is 1. The highest BCUT2D eigenvalue weighted by atomic mass is 35.5. The summed E-state index contributed by atoms with van der Waals surface area (Å²) in [5, 5.41) is 3.98. The quantitative estimate of drug-likeness (QED) is 0.800. The van der Waals surface area contributed by atoms with Crippen LogP contribution in [0.3, 0.4) is 0 Å². The van der Waals surface area contributed by atoms with Crippen LogP contribution < -0.4 is 5.32 Å². The standard InChI is InChI=1S/C20H25Cl2N3O/c1-24-10-6-7-18(24)19(25-11-4-2-3-5-12-25)14-23-20(26)16-13-15(21)8-9-17(16)22/h6-10,13,19H,2-5,11-12,14H2,1H3,(H,23,26). The second-order valence-corrected chi connectivity index (χ2v) is 7.69. The molecular formula is C20H25Cl2N3O. The molecule has 1 N–H and O–H groups in total. The summed E-state index contributed by atoms with van der Waals surface area (Å²) in [7, 11) is 2.05. The van der Waals surface area contributed by atoms with E-state index in [1.54, 1.807) is 18.2 Å².